The summed E-state index contributed by atoms with van der Waals surface area (Å²) >= 11 is 0. The molecule has 0 fully saturated rings. The van der Waals surface area contributed by atoms with Crippen molar-refractivity contribution < 1.29 is 22.6 Å². The molecule has 0 aliphatic rings. The van der Waals surface area contributed by atoms with E-state index in [1.165, 1.54) is 18.3 Å². The first-order chi connectivity index (χ1) is 15.0. The molecule has 0 radical (unpaired) electrons. The van der Waals surface area contributed by atoms with Gasteiger partial charge in [-0.05, 0) is 60.5 Å². The Bertz CT molecular complexity index is 1110. The highest BCUT2D eigenvalue weighted by atomic mass is 32.2. The van der Waals surface area contributed by atoms with Crippen LogP contribution in [0.3, 0.4) is 0 Å². The third kappa shape index (κ3) is 6.23. The molecular weight excluding hydrogens is 416 g/mol. The minimum absolute atomic E-state index is 0.0923. The number of rotatable bonds is 10. The van der Waals surface area contributed by atoms with Crippen LogP contribution in [0.2, 0.25) is 0 Å². The second kappa shape index (κ2) is 10.5. The van der Waals surface area contributed by atoms with Gasteiger partial charge in [-0.1, -0.05) is 30.3 Å². The molecule has 31 heavy (non-hydrogen) atoms. The van der Waals surface area contributed by atoms with Crippen molar-refractivity contribution in [2.24, 2.45) is 5.10 Å². The number of sulfonamides is 1. The van der Waals surface area contributed by atoms with Crippen molar-refractivity contribution in [1.29, 1.82) is 0 Å². The van der Waals surface area contributed by atoms with Gasteiger partial charge in [0.05, 0.1) is 24.8 Å². The van der Waals surface area contributed by atoms with E-state index in [1.807, 2.05) is 37.3 Å². The fourth-order valence-electron chi connectivity index (χ4n) is 2.73. The van der Waals surface area contributed by atoms with Gasteiger partial charge in [0, 0.05) is 0 Å². The summed E-state index contributed by atoms with van der Waals surface area (Å²) in [6.07, 6.45) is 1.40. The Morgan fingerprint density at radius 3 is 2.35 bits per heavy atom. The minimum Gasteiger partial charge on any atom is -0.494 e. The van der Waals surface area contributed by atoms with Gasteiger partial charge in [-0.25, -0.2) is 4.83 Å². The first kappa shape index (κ1) is 22.2. The summed E-state index contributed by atoms with van der Waals surface area (Å²) in [6.45, 7) is 2.74. The first-order valence-corrected chi connectivity index (χ1v) is 11.1. The van der Waals surface area contributed by atoms with Crippen molar-refractivity contribution >= 4 is 16.2 Å². The van der Waals surface area contributed by atoms with Gasteiger partial charge in [0.15, 0.2) is 11.5 Å². The molecule has 0 atom stereocenters. The zero-order chi connectivity index (χ0) is 22.1. The van der Waals surface area contributed by atoms with Crippen molar-refractivity contribution in [3.63, 3.8) is 0 Å². The summed E-state index contributed by atoms with van der Waals surface area (Å²) in [5.74, 6) is 1.71. The van der Waals surface area contributed by atoms with Crippen LogP contribution in [0.5, 0.6) is 17.2 Å². The number of nitrogens with zero attached hydrogens (tertiary/aromatic N) is 1. The number of hydrogen-bond donors (Lipinski definition) is 1. The predicted molar refractivity (Wildman–Crippen MR) is 119 cm³/mol. The Balaban J connectivity index is 1.68. The lowest BCUT2D eigenvalue weighted by atomic mass is 10.2. The van der Waals surface area contributed by atoms with E-state index in [0.29, 0.717) is 36.0 Å². The second-order valence-corrected chi connectivity index (χ2v) is 8.10. The van der Waals surface area contributed by atoms with Gasteiger partial charge < -0.3 is 14.2 Å². The first-order valence-electron chi connectivity index (χ1n) is 9.64. The Morgan fingerprint density at radius 2 is 1.68 bits per heavy atom. The van der Waals surface area contributed by atoms with Crippen molar-refractivity contribution in [2.45, 2.75) is 18.4 Å². The van der Waals surface area contributed by atoms with E-state index in [0.717, 1.165) is 5.56 Å². The molecule has 0 bridgehead atoms. The Labute approximate surface area is 182 Å². The van der Waals surface area contributed by atoms with Crippen molar-refractivity contribution in [3.05, 3.63) is 83.9 Å². The third-order valence-corrected chi connectivity index (χ3v) is 5.49. The molecule has 0 amide bonds. The lowest BCUT2D eigenvalue weighted by Gasteiger charge is -2.11. The number of hydrogen-bond acceptors (Lipinski definition) is 6. The maximum Gasteiger partial charge on any atom is 0.276 e. The Kier molecular flexibility index (Phi) is 7.50. The molecule has 0 spiro atoms. The zero-order valence-electron chi connectivity index (χ0n) is 17.3. The van der Waals surface area contributed by atoms with E-state index >= 15 is 0 Å². The SMILES string of the molecule is CCOc1ccc(S(=O)(=O)N/N=C\c2ccc(OC)c(OCc3ccccc3)c2)cc1. The average Bonchev–Trinajstić information content (AvgIpc) is 2.79. The molecule has 0 unspecified atom stereocenters. The molecule has 162 valence electrons. The van der Waals surface area contributed by atoms with E-state index in [9.17, 15) is 8.42 Å². The van der Waals surface area contributed by atoms with Gasteiger partial charge in [-0.2, -0.15) is 13.5 Å². The molecule has 0 aliphatic carbocycles. The van der Waals surface area contributed by atoms with Gasteiger partial charge in [0.25, 0.3) is 10.0 Å². The van der Waals surface area contributed by atoms with Gasteiger partial charge in [0.2, 0.25) is 0 Å². The van der Waals surface area contributed by atoms with E-state index in [-0.39, 0.29) is 4.90 Å². The van der Waals surface area contributed by atoms with Crippen molar-refractivity contribution in [3.8, 4) is 17.2 Å². The lowest BCUT2D eigenvalue weighted by Crippen LogP contribution is -2.18. The number of ether oxygens (including phenoxy) is 3. The molecule has 1 N–H and O–H groups in total. The maximum atomic E-state index is 12.4. The van der Waals surface area contributed by atoms with Crippen molar-refractivity contribution in [1.82, 2.24) is 4.83 Å². The molecule has 0 aromatic heterocycles. The Morgan fingerprint density at radius 1 is 0.935 bits per heavy atom. The van der Waals surface area contributed by atoms with Crippen LogP contribution in [0.4, 0.5) is 0 Å². The summed E-state index contributed by atoms with van der Waals surface area (Å²) in [7, 11) is -2.23. The fourth-order valence-corrected chi connectivity index (χ4v) is 3.52. The highest BCUT2D eigenvalue weighted by Crippen LogP contribution is 2.28. The number of methoxy groups -OCH3 is 1. The summed E-state index contributed by atoms with van der Waals surface area (Å²) in [6, 6.07) is 21.1. The molecule has 3 aromatic rings. The van der Waals surface area contributed by atoms with E-state index in [4.69, 9.17) is 14.2 Å². The second-order valence-electron chi connectivity index (χ2n) is 6.44. The highest BCUT2D eigenvalue weighted by molar-refractivity contribution is 7.89. The van der Waals surface area contributed by atoms with Crippen LogP contribution in [-0.2, 0) is 16.6 Å². The van der Waals surface area contributed by atoms with Crippen LogP contribution in [0, 0.1) is 0 Å². The molecule has 3 rings (SSSR count). The lowest BCUT2D eigenvalue weighted by molar-refractivity contribution is 0.284. The smallest absolute Gasteiger partial charge is 0.276 e. The molecule has 0 aliphatic heterocycles. The van der Waals surface area contributed by atoms with Gasteiger partial charge in [-0.15, -0.1) is 0 Å². The van der Waals surface area contributed by atoms with Crippen molar-refractivity contribution in [2.75, 3.05) is 13.7 Å². The van der Waals surface area contributed by atoms with E-state index < -0.39 is 10.0 Å². The van der Waals surface area contributed by atoms with Gasteiger partial charge in [-0.3, -0.25) is 0 Å². The van der Waals surface area contributed by atoms with Crippen LogP contribution >= 0.6 is 0 Å². The number of nitrogens with one attached hydrogen (secondary N) is 1. The summed E-state index contributed by atoms with van der Waals surface area (Å²) in [5, 5.41) is 3.87. The van der Waals surface area contributed by atoms with E-state index in [2.05, 4.69) is 9.93 Å². The quantitative estimate of drug-likeness (QED) is 0.381. The Hall–Kier alpha value is -3.52. The molecule has 8 heteroatoms. The monoisotopic (exact) mass is 440 g/mol. The zero-order valence-corrected chi connectivity index (χ0v) is 18.1. The summed E-state index contributed by atoms with van der Waals surface area (Å²) in [5.41, 5.74) is 1.67. The standard InChI is InChI=1S/C23H24N2O5S/c1-3-29-20-10-12-21(13-11-20)31(26,27)25-24-16-19-9-14-22(28-2)23(15-19)30-17-18-7-5-4-6-8-18/h4-16,25H,3,17H2,1-2H3/b24-16-. The van der Waals surface area contributed by atoms with Gasteiger partial charge >= 0.3 is 0 Å². The topological polar surface area (TPSA) is 86.2 Å². The van der Waals surface area contributed by atoms with Crippen LogP contribution in [0.1, 0.15) is 18.1 Å². The van der Waals surface area contributed by atoms with Crippen LogP contribution in [0.15, 0.2) is 82.8 Å². The van der Waals surface area contributed by atoms with Gasteiger partial charge in [0.1, 0.15) is 12.4 Å². The van der Waals surface area contributed by atoms with Crippen LogP contribution < -0.4 is 19.0 Å². The molecule has 3 aromatic carbocycles. The summed E-state index contributed by atoms with van der Waals surface area (Å²) in [4.78, 5) is 2.30. The molecular formula is C23H24N2O5S. The van der Waals surface area contributed by atoms with E-state index in [1.54, 1.807) is 37.4 Å². The third-order valence-electron chi connectivity index (χ3n) is 4.26. The molecule has 0 saturated carbocycles. The molecule has 7 nitrogen and oxygen atoms in total. The minimum atomic E-state index is -3.79. The fraction of sp³-hybridized carbons (Fsp3) is 0.174. The molecule has 0 heterocycles. The number of benzene rings is 3. The predicted octanol–water partition coefficient (Wildman–Crippen LogP) is 3.99. The molecule has 0 saturated heterocycles. The number of hydrazone groups is 1. The normalized spacial score (nSPS) is 11.3. The largest absolute Gasteiger partial charge is 0.494 e. The van der Waals surface area contributed by atoms with Crippen LogP contribution in [-0.4, -0.2) is 28.3 Å². The van der Waals surface area contributed by atoms with Crippen LogP contribution in [0.25, 0.3) is 0 Å². The summed E-state index contributed by atoms with van der Waals surface area (Å²) < 4.78 is 41.3. The maximum absolute atomic E-state index is 12.4. The highest BCUT2D eigenvalue weighted by Gasteiger charge is 2.12. The average molecular weight is 441 g/mol.